The molecule has 0 saturated carbocycles. The number of aryl methyl sites for hydroxylation is 3. The minimum absolute atomic E-state index is 0.146. The Morgan fingerprint density at radius 1 is 0.828 bits per heavy atom. The minimum Gasteiger partial charge on any atom is -0.325 e. The standard InChI is InChI=1S/C23H24N2O3S/c1-17-7-11-20(12-8-17)24-23(26)16-25(21-6-4-5-19(3)15-21)29(27,28)22-13-9-18(2)10-14-22/h4-15H,16H2,1-3H3,(H,24,26). The predicted molar refractivity (Wildman–Crippen MR) is 117 cm³/mol. The summed E-state index contributed by atoms with van der Waals surface area (Å²) in [4.78, 5) is 12.8. The second kappa shape index (κ2) is 8.49. The van der Waals surface area contributed by atoms with Crippen LogP contribution in [0.25, 0.3) is 0 Å². The highest BCUT2D eigenvalue weighted by Crippen LogP contribution is 2.25. The van der Waals surface area contributed by atoms with Gasteiger partial charge in [0.1, 0.15) is 6.54 Å². The zero-order valence-electron chi connectivity index (χ0n) is 16.7. The molecule has 3 rings (SSSR count). The first-order valence-corrected chi connectivity index (χ1v) is 10.7. The Hall–Kier alpha value is -3.12. The predicted octanol–water partition coefficient (Wildman–Crippen LogP) is 4.45. The Morgan fingerprint density at radius 2 is 1.41 bits per heavy atom. The van der Waals surface area contributed by atoms with E-state index in [0.717, 1.165) is 21.0 Å². The number of carbonyl (C=O) groups excluding carboxylic acids is 1. The van der Waals surface area contributed by atoms with E-state index in [1.165, 1.54) is 0 Å². The molecule has 3 aromatic rings. The molecule has 0 radical (unpaired) electrons. The van der Waals surface area contributed by atoms with Gasteiger partial charge in [-0.25, -0.2) is 8.42 Å². The van der Waals surface area contributed by atoms with Crippen LogP contribution >= 0.6 is 0 Å². The largest absolute Gasteiger partial charge is 0.325 e. The van der Waals surface area contributed by atoms with Gasteiger partial charge in [-0.2, -0.15) is 0 Å². The molecule has 3 aromatic carbocycles. The molecule has 150 valence electrons. The van der Waals surface area contributed by atoms with Crippen LogP contribution in [-0.4, -0.2) is 20.9 Å². The van der Waals surface area contributed by atoms with Gasteiger partial charge in [0.25, 0.3) is 10.0 Å². The number of nitrogens with zero attached hydrogens (tertiary/aromatic N) is 1. The fraction of sp³-hybridized carbons (Fsp3) is 0.174. The van der Waals surface area contributed by atoms with Crippen LogP contribution in [0.4, 0.5) is 11.4 Å². The number of hydrogen-bond acceptors (Lipinski definition) is 3. The van der Waals surface area contributed by atoms with E-state index in [0.29, 0.717) is 11.4 Å². The van der Waals surface area contributed by atoms with Gasteiger partial charge in [0.05, 0.1) is 10.6 Å². The van der Waals surface area contributed by atoms with Crippen molar-refractivity contribution in [3.8, 4) is 0 Å². The van der Waals surface area contributed by atoms with Crippen molar-refractivity contribution in [2.45, 2.75) is 25.7 Å². The first-order valence-electron chi connectivity index (χ1n) is 9.28. The van der Waals surface area contributed by atoms with E-state index in [-0.39, 0.29) is 11.4 Å². The van der Waals surface area contributed by atoms with Crippen molar-refractivity contribution < 1.29 is 13.2 Å². The molecule has 0 aliphatic heterocycles. The third-order valence-corrected chi connectivity index (χ3v) is 6.31. The molecule has 0 heterocycles. The molecule has 0 aliphatic carbocycles. The van der Waals surface area contributed by atoms with Gasteiger partial charge in [-0.05, 0) is 62.7 Å². The van der Waals surface area contributed by atoms with Gasteiger partial charge < -0.3 is 5.32 Å². The van der Waals surface area contributed by atoms with Crippen LogP contribution in [0.2, 0.25) is 0 Å². The van der Waals surface area contributed by atoms with Gasteiger partial charge in [-0.1, -0.05) is 47.5 Å². The van der Waals surface area contributed by atoms with E-state index in [4.69, 9.17) is 0 Å². The molecule has 0 aliphatic rings. The number of sulfonamides is 1. The van der Waals surface area contributed by atoms with E-state index in [1.54, 1.807) is 54.6 Å². The molecule has 1 N–H and O–H groups in total. The topological polar surface area (TPSA) is 66.5 Å². The van der Waals surface area contributed by atoms with Crippen LogP contribution in [0.15, 0.2) is 77.7 Å². The van der Waals surface area contributed by atoms with Crippen LogP contribution in [0.5, 0.6) is 0 Å². The molecule has 0 saturated heterocycles. The maximum absolute atomic E-state index is 13.3. The molecule has 29 heavy (non-hydrogen) atoms. The Labute approximate surface area is 172 Å². The average Bonchev–Trinajstić information content (AvgIpc) is 2.68. The maximum Gasteiger partial charge on any atom is 0.264 e. The average molecular weight is 409 g/mol. The van der Waals surface area contributed by atoms with Gasteiger partial charge >= 0.3 is 0 Å². The molecule has 0 unspecified atom stereocenters. The molecule has 0 atom stereocenters. The van der Waals surface area contributed by atoms with E-state index < -0.39 is 15.9 Å². The SMILES string of the molecule is Cc1ccc(NC(=O)CN(c2cccc(C)c2)S(=O)(=O)c2ccc(C)cc2)cc1. The third-order valence-electron chi connectivity index (χ3n) is 4.52. The number of nitrogens with one attached hydrogen (secondary N) is 1. The second-order valence-corrected chi connectivity index (χ2v) is 8.94. The number of carbonyl (C=O) groups is 1. The van der Waals surface area contributed by atoms with Gasteiger partial charge in [0.15, 0.2) is 0 Å². The van der Waals surface area contributed by atoms with Crippen LogP contribution in [-0.2, 0) is 14.8 Å². The molecular weight excluding hydrogens is 384 g/mol. The van der Waals surface area contributed by atoms with Crippen LogP contribution in [0.3, 0.4) is 0 Å². The summed E-state index contributed by atoms with van der Waals surface area (Å²) in [6, 6.07) is 21.1. The smallest absolute Gasteiger partial charge is 0.264 e. The van der Waals surface area contributed by atoms with Gasteiger partial charge in [-0.15, -0.1) is 0 Å². The highest BCUT2D eigenvalue weighted by atomic mass is 32.2. The van der Waals surface area contributed by atoms with Crippen LogP contribution in [0, 0.1) is 20.8 Å². The van der Waals surface area contributed by atoms with Gasteiger partial charge in [0, 0.05) is 5.69 Å². The highest BCUT2D eigenvalue weighted by Gasteiger charge is 2.27. The zero-order chi connectivity index (χ0) is 21.0. The zero-order valence-corrected chi connectivity index (χ0v) is 17.5. The maximum atomic E-state index is 13.3. The number of amides is 1. The van der Waals surface area contributed by atoms with Crippen molar-refractivity contribution in [1.29, 1.82) is 0 Å². The third kappa shape index (κ3) is 5.03. The lowest BCUT2D eigenvalue weighted by atomic mass is 10.2. The van der Waals surface area contributed by atoms with Crippen molar-refractivity contribution in [2.24, 2.45) is 0 Å². The molecular formula is C23H24N2O3S. The monoisotopic (exact) mass is 408 g/mol. The van der Waals surface area contributed by atoms with Crippen molar-refractivity contribution in [3.63, 3.8) is 0 Å². The van der Waals surface area contributed by atoms with Gasteiger partial charge in [-0.3, -0.25) is 9.10 Å². The summed E-state index contributed by atoms with van der Waals surface area (Å²) >= 11 is 0. The van der Waals surface area contributed by atoms with Crippen molar-refractivity contribution >= 4 is 27.3 Å². The number of benzene rings is 3. The molecule has 1 amide bonds. The van der Waals surface area contributed by atoms with Crippen molar-refractivity contribution in [2.75, 3.05) is 16.2 Å². The normalized spacial score (nSPS) is 11.1. The Balaban J connectivity index is 1.93. The highest BCUT2D eigenvalue weighted by molar-refractivity contribution is 7.92. The van der Waals surface area contributed by atoms with Crippen LogP contribution < -0.4 is 9.62 Å². The minimum atomic E-state index is -3.91. The summed E-state index contributed by atoms with van der Waals surface area (Å²) in [7, 11) is -3.91. The molecule has 0 spiro atoms. The second-order valence-electron chi connectivity index (χ2n) is 7.08. The summed E-state index contributed by atoms with van der Waals surface area (Å²) < 4.78 is 27.8. The van der Waals surface area contributed by atoms with E-state index in [9.17, 15) is 13.2 Å². The first kappa shape index (κ1) is 20.6. The molecule has 0 fully saturated rings. The van der Waals surface area contributed by atoms with E-state index >= 15 is 0 Å². The number of rotatable bonds is 6. The summed E-state index contributed by atoms with van der Waals surface area (Å²) in [5, 5.41) is 2.77. The molecule has 0 bridgehead atoms. The van der Waals surface area contributed by atoms with Crippen molar-refractivity contribution in [1.82, 2.24) is 0 Å². The summed E-state index contributed by atoms with van der Waals surface area (Å²) in [6.45, 7) is 5.41. The summed E-state index contributed by atoms with van der Waals surface area (Å²) in [6.07, 6.45) is 0. The molecule has 0 aromatic heterocycles. The lowest BCUT2D eigenvalue weighted by molar-refractivity contribution is -0.114. The molecule has 5 nitrogen and oxygen atoms in total. The molecule has 6 heteroatoms. The Bertz CT molecular complexity index is 1110. The summed E-state index contributed by atoms with van der Waals surface area (Å²) in [5.74, 6) is -0.411. The van der Waals surface area contributed by atoms with Gasteiger partial charge in [0.2, 0.25) is 5.91 Å². The Kier molecular flexibility index (Phi) is 6.03. The first-order chi connectivity index (χ1) is 13.8. The quantitative estimate of drug-likeness (QED) is 0.655. The van der Waals surface area contributed by atoms with E-state index in [2.05, 4.69) is 5.32 Å². The number of hydrogen-bond donors (Lipinski definition) is 1. The van der Waals surface area contributed by atoms with Crippen molar-refractivity contribution in [3.05, 3.63) is 89.5 Å². The number of anilines is 2. The fourth-order valence-corrected chi connectivity index (χ4v) is 4.32. The lowest BCUT2D eigenvalue weighted by Gasteiger charge is -2.24. The Morgan fingerprint density at radius 3 is 2.00 bits per heavy atom. The van der Waals surface area contributed by atoms with E-state index in [1.807, 2.05) is 39.0 Å². The lowest BCUT2D eigenvalue weighted by Crippen LogP contribution is -2.38. The fourth-order valence-electron chi connectivity index (χ4n) is 2.90. The van der Waals surface area contributed by atoms with Crippen LogP contribution in [0.1, 0.15) is 16.7 Å². The summed E-state index contributed by atoms with van der Waals surface area (Å²) in [5.41, 5.74) is 4.02.